The zero-order chi connectivity index (χ0) is 17.8. The average Bonchev–Trinajstić information content (AvgIpc) is 3.15. The minimum absolute atomic E-state index is 0.106. The molecule has 2 fully saturated rings. The van der Waals surface area contributed by atoms with Crippen molar-refractivity contribution in [2.75, 3.05) is 39.3 Å². The van der Waals surface area contributed by atoms with Crippen LogP contribution in [-0.4, -0.2) is 81.0 Å². The first-order valence-corrected chi connectivity index (χ1v) is 9.29. The fourth-order valence-electron chi connectivity index (χ4n) is 3.63. The molecule has 2 aliphatic heterocycles. The zero-order valence-electron chi connectivity index (χ0n) is 15.2. The maximum absolute atomic E-state index is 12.8. The number of aromatic nitrogens is 3. The van der Waals surface area contributed by atoms with E-state index in [2.05, 4.69) is 20.1 Å². The van der Waals surface area contributed by atoms with Crippen molar-refractivity contribution < 1.29 is 9.59 Å². The van der Waals surface area contributed by atoms with Crippen LogP contribution in [0, 0.1) is 5.92 Å². The standard InChI is InChI=1S/C17H28N6O2/c1-3-14-18-15(20-19-14)12-21-6-5-7-23(9-8-21)17(25)13-10-16(24)22(4-2)11-13/h13H,3-12H2,1-2H3,(H,18,19,20). The Labute approximate surface area is 148 Å². The van der Waals surface area contributed by atoms with E-state index in [9.17, 15) is 9.59 Å². The molecule has 0 aliphatic carbocycles. The topological polar surface area (TPSA) is 85.4 Å². The number of H-pyrrole nitrogens is 1. The predicted molar refractivity (Wildman–Crippen MR) is 92.6 cm³/mol. The van der Waals surface area contributed by atoms with Crippen LogP contribution in [0.2, 0.25) is 0 Å². The Hall–Kier alpha value is -1.96. The SMILES string of the molecule is CCc1n[nH]c(CN2CCCN(C(=O)C3CC(=O)N(CC)C3)CC2)n1. The van der Waals surface area contributed by atoms with Gasteiger partial charge in [-0.3, -0.25) is 19.6 Å². The first-order chi connectivity index (χ1) is 12.1. The van der Waals surface area contributed by atoms with Crippen LogP contribution < -0.4 is 0 Å². The number of amides is 2. The molecule has 1 N–H and O–H groups in total. The summed E-state index contributed by atoms with van der Waals surface area (Å²) in [5.41, 5.74) is 0. The first-order valence-electron chi connectivity index (χ1n) is 9.29. The van der Waals surface area contributed by atoms with E-state index in [1.807, 2.05) is 18.7 Å². The van der Waals surface area contributed by atoms with Crippen molar-refractivity contribution in [1.82, 2.24) is 29.9 Å². The van der Waals surface area contributed by atoms with Gasteiger partial charge in [0.15, 0.2) is 0 Å². The van der Waals surface area contributed by atoms with Crippen LogP contribution in [0.4, 0.5) is 0 Å². The molecule has 138 valence electrons. The summed E-state index contributed by atoms with van der Waals surface area (Å²) < 4.78 is 0. The van der Waals surface area contributed by atoms with Gasteiger partial charge in [0.1, 0.15) is 11.6 Å². The third-order valence-corrected chi connectivity index (χ3v) is 5.11. The van der Waals surface area contributed by atoms with Crippen molar-refractivity contribution in [3.8, 4) is 0 Å². The lowest BCUT2D eigenvalue weighted by atomic mass is 10.1. The fraction of sp³-hybridized carbons (Fsp3) is 0.765. The Bertz CT molecular complexity index is 616. The van der Waals surface area contributed by atoms with Crippen LogP contribution in [0.15, 0.2) is 0 Å². The van der Waals surface area contributed by atoms with Crippen molar-refractivity contribution in [3.63, 3.8) is 0 Å². The van der Waals surface area contributed by atoms with Gasteiger partial charge in [-0.1, -0.05) is 6.92 Å². The van der Waals surface area contributed by atoms with E-state index < -0.39 is 0 Å². The molecule has 1 aromatic rings. The highest BCUT2D eigenvalue weighted by Crippen LogP contribution is 2.20. The predicted octanol–water partition coefficient (Wildman–Crippen LogP) is 0.270. The molecule has 2 amide bonds. The Morgan fingerprint density at radius 2 is 2.08 bits per heavy atom. The molecule has 0 saturated carbocycles. The summed E-state index contributed by atoms with van der Waals surface area (Å²) in [7, 11) is 0. The molecule has 8 nitrogen and oxygen atoms in total. The lowest BCUT2D eigenvalue weighted by Gasteiger charge is -2.24. The number of aromatic amines is 1. The molecule has 0 bridgehead atoms. The number of likely N-dealkylation sites (tertiary alicyclic amines) is 1. The molecular weight excluding hydrogens is 320 g/mol. The second kappa shape index (κ2) is 7.95. The van der Waals surface area contributed by atoms with Crippen LogP contribution in [0.25, 0.3) is 0 Å². The summed E-state index contributed by atoms with van der Waals surface area (Å²) >= 11 is 0. The van der Waals surface area contributed by atoms with Gasteiger partial charge in [0.05, 0.1) is 12.5 Å². The molecule has 1 unspecified atom stereocenters. The van der Waals surface area contributed by atoms with E-state index in [1.54, 1.807) is 4.90 Å². The van der Waals surface area contributed by atoms with E-state index in [0.29, 0.717) is 26.1 Å². The number of carbonyl (C=O) groups is 2. The number of nitrogens with zero attached hydrogens (tertiary/aromatic N) is 5. The number of hydrogen-bond acceptors (Lipinski definition) is 5. The highest BCUT2D eigenvalue weighted by Gasteiger charge is 2.36. The van der Waals surface area contributed by atoms with Gasteiger partial charge in [0.2, 0.25) is 11.8 Å². The third-order valence-electron chi connectivity index (χ3n) is 5.11. The summed E-state index contributed by atoms with van der Waals surface area (Å²) in [5, 5.41) is 7.17. The monoisotopic (exact) mass is 348 g/mol. The van der Waals surface area contributed by atoms with Gasteiger partial charge in [-0.15, -0.1) is 0 Å². The van der Waals surface area contributed by atoms with Gasteiger partial charge in [-0.05, 0) is 13.3 Å². The zero-order valence-corrected chi connectivity index (χ0v) is 15.2. The van der Waals surface area contributed by atoms with E-state index >= 15 is 0 Å². The quantitative estimate of drug-likeness (QED) is 0.826. The second-order valence-electron chi connectivity index (χ2n) is 6.84. The number of hydrogen-bond donors (Lipinski definition) is 1. The smallest absolute Gasteiger partial charge is 0.228 e. The molecule has 0 aromatic carbocycles. The molecule has 2 aliphatic rings. The van der Waals surface area contributed by atoms with Gasteiger partial charge >= 0.3 is 0 Å². The van der Waals surface area contributed by atoms with Crippen LogP contribution in [0.5, 0.6) is 0 Å². The number of nitrogens with one attached hydrogen (secondary N) is 1. The third kappa shape index (κ3) is 4.18. The molecule has 1 atom stereocenters. The fourth-order valence-corrected chi connectivity index (χ4v) is 3.63. The average molecular weight is 348 g/mol. The largest absolute Gasteiger partial charge is 0.342 e. The van der Waals surface area contributed by atoms with Crippen LogP contribution in [0.1, 0.15) is 38.3 Å². The Morgan fingerprint density at radius 1 is 1.24 bits per heavy atom. The highest BCUT2D eigenvalue weighted by molar-refractivity contribution is 5.89. The Kier molecular flexibility index (Phi) is 5.67. The maximum Gasteiger partial charge on any atom is 0.228 e. The first kappa shape index (κ1) is 17.8. The lowest BCUT2D eigenvalue weighted by molar-refractivity contribution is -0.135. The van der Waals surface area contributed by atoms with Crippen molar-refractivity contribution in [1.29, 1.82) is 0 Å². The van der Waals surface area contributed by atoms with Crippen molar-refractivity contribution in [2.24, 2.45) is 5.92 Å². The molecule has 0 radical (unpaired) electrons. The molecule has 0 spiro atoms. The molecule has 25 heavy (non-hydrogen) atoms. The maximum atomic E-state index is 12.8. The van der Waals surface area contributed by atoms with E-state index in [4.69, 9.17) is 0 Å². The minimum Gasteiger partial charge on any atom is -0.342 e. The molecule has 8 heteroatoms. The van der Waals surface area contributed by atoms with Gasteiger partial charge in [0.25, 0.3) is 0 Å². The van der Waals surface area contributed by atoms with Crippen LogP contribution in [0.3, 0.4) is 0 Å². The van der Waals surface area contributed by atoms with Crippen molar-refractivity contribution >= 4 is 11.8 Å². The van der Waals surface area contributed by atoms with Crippen molar-refractivity contribution in [2.45, 2.75) is 39.7 Å². The Balaban J connectivity index is 1.52. The molecule has 3 heterocycles. The van der Waals surface area contributed by atoms with Crippen LogP contribution >= 0.6 is 0 Å². The van der Waals surface area contributed by atoms with Gasteiger partial charge in [-0.2, -0.15) is 5.10 Å². The lowest BCUT2D eigenvalue weighted by Crippen LogP contribution is -2.39. The summed E-state index contributed by atoms with van der Waals surface area (Å²) in [4.78, 5) is 35.1. The summed E-state index contributed by atoms with van der Waals surface area (Å²) in [6, 6.07) is 0. The highest BCUT2D eigenvalue weighted by atomic mass is 16.2. The number of carbonyl (C=O) groups excluding carboxylic acids is 2. The van der Waals surface area contributed by atoms with Gasteiger partial charge < -0.3 is 9.80 Å². The van der Waals surface area contributed by atoms with Crippen LogP contribution in [-0.2, 0) is 22.6 Å². The summed E-state index contributed by atoms with van der Waals surface area (Å²) in [5.74, 6) is 1.80. The molecule has 2 saturated heterocycles. The summed E-state index contributed by atoms with van der Waals surface area (Å²) in [6.07, 6.45) is 2.14. The molecule has 3 rings (SSSR count). The van der Waals surface area contributed by atoms with E-state index in [1.165, 1.54) is 0 Å². The number of rotatable bonds is 5. The van der Waals surface area contributed by atoms with E-state index in [0.717, 1.165) is 50.7 Å². The normalized spacial score (nSPS) is 22.5. The van der Waals surface area contributed by atoms with Gasteiger partial charge in [0, 0.05) is 52.1 Å². The Morgan fingerprint density at radius 3 is 2.76 bits per heavy atom. The molecule has 1 aromatic heterocycles. The summed E-state index contributed by atoms with van der Waals surface area (Å²) in [6.45, 7) is 9.24. The van der Waals surface area contributed by atoms with Gasteiger partial charge in [-0.25, -0.2) is 4.98 Å². The van der Waals surface area contributed by atoms with Crippen molar-refractivity contribution in [3.05, 3.63) is 11.6 Å². The second-order valence-corrected chi connectivity index (χ2v) is 6.84. The van der Waals surface area contributed by atoms with E-state index in [-0.39, 0.29) is 17.7 Å². The molecular formula is C17H28N6O2. The number of aryl methyl sites for hydroxylation is 1. The minimum atomic E-state index is -0.166.